The molecule has 1 aliphatic rings. The highest BCUT2D eigenvalue weighted by molar-refractivity contribution is 4.83. The second-order valence-electron chi connectivity index (χ2n) is 5.77. The molecule has 1 saturated heterocycles. The first-order chi connectivity index (χ1) is 8.52. The molecule has 0 aromatic rings. The molecule has 2 atom stereocenters. The molecule has 108 valence electrons. The van der Waals surface area contributed by atoms with Crippen molar-refractivity contribution in [2.75, 3.05) is 46.9 Å². The van der Waals surface area contributed by atoms with Crippen LogP contribution in [0.3, 0.4) is 0 Å². The molecular formula is C14H31N3O. The molecule has 4 heteroatoms. The van der Waals surface area contributed by atoms with E-state index in [2.05, 4.69) is 50.0 Å². The van der Waals surface area contributed by atoms with Gasteiger partial charge in [-0.15, -0.1) is 0 Å². The van der Waals surface area contributed by atoms with Gasteiger partial charge < -0.3 is 19.9 Å². The van der Waals surface area contributed by atoms with Crippen molar-refractivity contribution in [3.8, 4) is 0 Å². The van der Waals surface area contributed by atoms with E-state index in [4.69, 9.17) is 4.74 Å². The molecular weight excluding hydrogens is 226 g/mol. The van der Waals surface area contributed by atoms with Crippen molar-refractivity contribution in [3.63, 3.8) is 0 Å². The number of hydrogen-bond acceptors (Lipinski definition) is 4. The van der Waals surface area contributed by atoms with Crippen LogP contribution in [-0.4, -0.2) is 74.9 Å². The highest BCUT2D eigenvalue weighted by atomic mass is 16.5. The van der Waals surface area contributed by atoms with Crippen molar-refractivity contribution in [3.05, 3.63) is 0 Å². The monoisotopic (exact) mass is 257 g/mol. The van der Waals surface area contributed by atoms with Gasteiger partial charge in [-0.1, -0.05) is 6.92 Å². The lowest BCUT2D eigenvalue weighted by Gasteiger charge is -2.39. The molecule has 0 aromatic carbocycles. The van der Waals surface area contributed by atoms with E-state index in [1.54, 1.807) is 0 Å². The molecule has 0 spiro atoms. The Morgan fingerprint density at radius 2 is 2.00 bits per heavy atom. The predicted molar refractivity (Wildman–Crippen MR) is 77.1 cm³/mol. The van der Waals surface area contributed by atoms with E-state index in [1.807, 2.05) is 0 Å². The Morgan fingerprint density at radius 3 is 2.61 bits per heavy atom. The van der Waals surface area contributed by atoms with E-state index < -0.39 is 0 Å². The van der Waals surface area contributed by atoms with E-state index >= 15 is 0 Å². The van der Waals surface area contributed by atoms with Crippen LogP contribution in [0.25, 0.3) is 0 Å². The van der Waals surface area contributed by atoms with Crippen LogP contribution in [0.15, 0.2) is 0 Å². The highest BCUT2D eigenvalue weighted by Crippen LogP contribution is 2.12. The Hall–Kier alpha value is -0.160. The Kier molecular flexibility index (Phi) is 7.15. The maximum absolute atomic E-state index is 5.77. The molecule has 1 fully saturated rings. The van der Waals surface area contributed by atoms with Crippen molar-refractivity contribution >= 4 is 0 Å². The highest BCUT2D eigenvalue weighted by Gasteiger charge is 2.25. The first kappa shape index (κ1) is 15.9. The Balaban J connectivity index is 2.42. The Bertz CT molecular complexity index is 223. The van der Waals surface area contributed by atoms with Crippen molar-refractivity contribution in [2.45, 2.75) is 45.4 Å². The Morgan fingerprint density at radius 1 is 1.28 bits per heavy atom. The van der Waals surface area contributed by atoms with Gasteiger partial charge >= 0.3 is 0 Å². The first-order valence-electron chi connectivity index (χ1n) is 7.26. The van der Waals surface area contributed by atoms with Gasteiger partial charge in [0.05, 0.1) is 12.7 Å². The van der Waals surface area contributed by atoms with Crippen molar-refractivity contribution < 1.29 is 4.74 Å². The molecule has 4 nitrogen and oxygen atoms in total. The largest absolute Gasteiger partial charge is 0.377 e. The number of piperazine rings is 1. The van der Waals surface area contributed by atoms with Gasteiger partial charge in [0, 0.05) is 31.7 Å². The third-order valence-electron chi connectivity index (χ3n) is 3.66. The van der Waals surface area contributed by atoms with Crippen molar-refractivity contribution in [1.82, 2.24) is 15.1 Å². The molecule has 1 N–H and O–H groups in total. The summed E-state index contributed by atoms with van der Waals surface area (Å²) in [7, 11) is 4.46. The molecule has 0 saturated carbocycles. The fourth-order valence-corrected chi connectivity index (χ4v) is 2.49. The number of likely N-dealkylation sites (N-methyl/N-ethyl adjacent to an activating group) is 3. The fourth-order valence-electron chi connectivity index (χ4n) is 2.49. The number of ether oxygens (including phenoxy) is 1. The fraction of sp³-hybridized carbons (Fsp3) is 1.00. The van der Waals surface area contributed by atoms with Crippen LogP contribution in [0, 0.1) is 0 Å². The van der Waals surface area contributed by atoms with E-state index in [0.717, 1.165) is 13.2 Å². The third-order valence-corrected chi connectivity index (χ3v) is 3.66. The normalized spacial score (nSPS) is 24.7. The number of hydrogen-bond donors (Lipinski definition) is 1. The van der Waals surface area contributed by atoms with Gasteiger partial charge in [0.2, 0.25) is 0 Å². The first-order valence-corrected chi connectivity index (χ1v) is 7.26. The van der Waals surface area contributed by atoms with Gasteiger partial charge in [-0.25, -0.2) is 0 Å². The molecule has 0 aromatic heterocycles. The summed E-state index contributed by atoms with van der Waals surface area (Å²) in [5.74, 6) is 0. The molecule has 1 rings (SSSR count). The van der Waals surface area contributed by atoms with Crippen LogP contribution < -0.4 is 5.32 Å². The maximum Gasteiger partial charge on any atom is 0.0623 e. The van der Waals surface area contributed by atoms with Crippen LogP contribution >= 0.6 is 0 Å². The lowest BCUT2D eigenvalue weighted by atomic mass is 10.0. The summed E-state index contributed by atoms with van der Waals surface area (Å²) in [6, 6.07) is 1.11. The summed E-state index contributed by atoms with van der Waals surface area (Å²) < 4.78 is 5.77. The zero-order valence-electron chi connectivity index (χ0n) is 12.8. The summed E-state index contributed by atoms with van der Waals surface area (Å²) in [5.41, 5.74) is 0. The molecule has 18 heavy (non-hydrogen) atoms. The summed E-state index contributed by atoms with van der Waals surface area (Å²) in [6.45, 7) is 11.7. The van der Waals surface area contributed by atoms with E-state index in [0.29, 0.717) is 18.2 Å². The van der Waals surface area contributed by atoms with Gasteiger partial charge in [0.25, 0.3) is 0 Å². The summed E-state index contributed by atoms with van der Waals surface area (Å²) >= 11 is 0. The van der Waals surface area contributed by atoms with E-state index in [1.165, 1.54) is 26.1 Å². The van der Waals surface area contributed by atoms with E-state index in [9.17, 15) is 0 Å². The predicted octanol–water partition coefficient (Wildman–Crippen LogP) is 1.03. The quantitative estimate of drug-likeness (QED) is 0.737. The molecule has 1 aliphatic heterocycles. The second kappa shape index (κ2) is 8.10. The molecule has 0 amide bonds. The second-order valence-corrected chi connectivity index (χ2v) is 5.77. The van der Waals surface area contributed by atoms with Crippen LogP contribution in [-0.2, 0) is 4.74 Å². The Labute approximate surface area is 113 Å². The lowest BCUT2D eigenvalue weighted by molar-refractivity contribution is 0.0430. The summed E-state index contributed by atoms with van der Waals surface area (Å²) in [4.78, 5) is 4.91. The SMILES string of the molecule is CCNC(COC(C)C)CC1CN(C)CCN1C. The molecule has 0 aliphatic carbocycles. The zero-order valence-corrected chi connectivity index (χ0v) is 12.8. The van der Waals surface area contributed by atoms with Gasteiger partial charge in [-0.05, 0) is 40.9 Å². The summed E-state index contributed by atoms with van der Waals surface area (Å²) in [6.07, 6.45) is 1.49. The molecule has 1 heterocycles. The van der Waals surface area contributed by atoms with Gasteiger partial charge in [-0.3, -0.25) is 0 Å². The standard InChI is InChI=1S/C14H31N3O/c1-6-15-13(11-18-12(2)3)9-14-10-16(4)7-8-17(14)5/h12-15H,6-11H2,1-5H3. The van der Waals surface area contributed by atoms with Gasteiger partial charge in [-0.2, -0.15) is 0 Å². The molecule has 2 unspecified atom stereocenters. The average molecular weight is 257 g/mol. The van der Waals surface area contributed by atoms with Crippen LogP contribution in [0.2, 0.25) is 0 Å². The summed E-state index contributed by atoms with van der Waals surface area (Å²) in [5, 5.41) is 3.55. The molecule has 0 bridgehead atoms. The zero-order chi connectivity index (χ0) is 13.5. The molecule has 0 radical (unpaired) electrons. The van der Waals surface area contributed by atoms with Crippen molar-refractivity contribution in [2.24, 2.45) is 0 Å². The average Bonchev–Trinajstić information content (AvgIpc) is 2.31. The van der Waals surface area contributed by atoms with Crippen molar-refractivity contribution in [1.29, 1.82) is 0 Å². The number of rotatable bonds is 7. The number of nitrogens with one attached hydrogen (secondary N) is 1. The van der Waals surface area contributed by atoms with Crippen LogP contribution in [0.5, 0.6) is 0 Å². The third kappa shape index (κ3) is 5.65. The smallest absolute Gasteiger partial charge is 0.0623 e. The minimum atomic E-state index is 0.318. The van der Waals surface area contributed by atoms with Crippen LogP contribution in [0.1, 0.15) is 27.2 Å². The minimum absolute atomic E-state index is 0.318. The maximum atomic E-state index is 5.77. The van der Waals surface area contributed by atoms with Crippen LogP contribution in [0.4, 0.5) is 0 Å². The van der Waals surface area contributed by atoms with Gasteiger partial charge in [0.15, 0.2) is 0 Å². The minimum Gasteiger partial charge on any atom is -0.377 e. The van der Waals surface area contributed by atoms with E-state index in [-0.39, 0.29) is 0 Å². The van der Waals surface area contributed by atoms with Gasteiger partial charge in [0.1, 0.15) is 0 Å². The number of nitrogens with zero attached hydrogens (tertiary/aromatic N) is 2. The lowest BCUT2D eigenvalue weighted by Crippen LogP contribution is -2.52. The topological polar surface area (TPSA) is 27.7 Å².